The Hall–Kier alpha value is -2.91. The average molecular weight is 391 g/mol. The molecule has 9 heteroatoms. The molecule has 0 aromatic heterocycles. The van der Waals surface area contributed by atoms with Crippen molar-refractivity contribution in [3.63, 3.8) is 0 Å². The van der Waals surface area contributed by atoms with Crippen LogP contribution in [0.2, 0.25) is 0 Å². The average Bonchev–Trinajstić information content (AvgIpc) is 2.65. The number of methoxy groups -OCH3 is 1. The molecule has 0 saturated carbocycles. The molecule has 0 saturated heterocycles. The third-order valence-corrected chi connectivity index (χ3v) is 4.97. The zero-order valence-corrected chi connectivity index (χ0v) is 15.8. The normalized spacial score (nSPS) is 10.9. The Morgan fingerprint density at radius 3 is 2.19 bits per heavy atom. The Morgan fingerprint density at radius 2 is 1.63 bits per heavy atom. The standard InChI is InChI=1S/C18H21N3O5S/c1-13(22)21-15-5-9-17(10-6-15)27(24,25)20-12-18(23)19-11-14-3-7-16(26-2)8-4-14/h3-10,20H,11-12H2,1-2H3,(H,19,23)(H,21,22). The second kappa shape index (κ2) is 9.15. The lowest BCUT2D eigenvalue weighted by Crippen LogP contribution is -2.36. The molecule has 0 fully saturated rings. The summed E-state index contributed by atoms with van der Waals surface area (Å²) in [5.41, 5.74) is 1.35. The van der Waals surface area contributed by atoms with Gasteiger partial charge in [-0.2, -0.15) is 0 Å². The van der Waals surface area contributed by atoms with Gasteiger partial charge in [0.2, 0.25) is 21.8 Å². The molecular weight excluding hydrogens is 370 g/mol. The fourth-order valence-electron chi connectivity index (χ4n) is 2.17. The van der Waals surface area contributed by atoms with Crippen molar-refractivity contribution in [2.24, 2.45) is 0 Å². The summed E-state index contributed by atoms with van der Waals surface area (Å²) in [5, 5.41) is 5.18. The van der Waals surface area contributed by atoms with Gasteiger partial charge in [-0.15, -0.1) is 0 Å². The fraction of sp³-hybridized carbons (Fsp3) is 0.222. The van der Waals surface area contributed by atoms with Gasteiger partial charge in [-0.1, -0.05) is 12.1 Å². The number of carbonyl (C=O) groups excluding carboxylic acids is 2. The van der Waals surface area contributed by atoms with E-state index in [4.69, 9.17) is 4.74 Å². The lowest BCUT2D eigenvalue weighted by molar-refractivity contribution is -0.120. The van der Waals surface area contributed by atoms with Crippen LogP contribution in [0.15, 0.2) is 53.4 Å². The third kappa shape index (κ3) is 6.39. The summed E-state index contributed by atoms with van der Waals surface area (Å²) in [6, 6.07) is 12.8. The van der Waals surface area contributed by atoms with Gasteiger partial charge < -0.3 is 15.4 Å². The van der Waals surface area contributed by atoms with Crippen molar-refractivity contribution < 1.29 is 22.7 Å². The minimum Gasteiger partial charge on any atom is -0.497 e. The van der Waals surface area contributed by atoms with Gasteiger partial charge in [0.15, 0.2) is 0 Å². The fourth-order valence-corrected chi connectivity index (χ4v) is 3.15. The van der Waals surface area contributed by atoms with Gasteiger partial charge in [0.25, 0.3) is 0 Å². The number of amides is 2. The Labute approximate surface area is 158 Å². The molecule has 0 aliphatic heterocycles. The second-order valence-corrected chi connectivity index (χ2v) is 7.42. The second-order valence-electron chi connectivity index (χ2n) is 5.65. The van der Waals surface area contributed by atoms with Crippen molar-refractivity contribution >= 4 is 27.5 Å². The molecule has 0 radical (unpaired) electrons. The minimum atomic E-state index is -3.83. The predicted molar refractivity (Wildman–Crippen MR) is 101 cm³/mol. The molecule has 8 nitrogen and oxygen atoms in total. The highest BCUT2D eigenvalue weighted by Crippen LogP contribution is 2.14. The number of sulfonamides is 1. The van der Waals surface area contributed by atoms with Crippen LogP contribution in [0.3, 0.4) is 0 Å². The topological polar surface area (TPSA) is 114 Å². The van der Waals surface area contributed by atoms with E-state index in [0.717, 1.165) is 5.56 Å². The summed E-state index contributed by atoms with van der Waals surface area (Å²) >= 11 is 0. The quantitative estimate of drug-likeness (QED) is 0.627. The first kappa shape index (κ1) is 20.4. The molecule has 3 N–H and O–H groups in total. The number of carbonyl (C=O) groups is 2. The van der Waals surface area contributed by atoms with E-state index in [0.29, 0.717) is 11.4 Å². The zero-order chi connectivity index (χ0) is 19.9. The molecule has 0 aliphatic rings. The maximum Gasteiger partial charge on any atom is 0.241 e. The van der Waals surface area contributed by atoms with Crippen LogP contribution in [0, 0.1) is 0 Å². The Bertz CT molecular complexity index is 894. The number of hydrogen-bond donors (Lipinski definition) is 3. The van der Waals surface area contributed by atoms with Crippen molar-refractivity contribution in [1.82, 2.24) is 10.0 Å². The molecule has 2 rings (SSSR count). The van der Waals surface area contributed by atoms with E-state index in [9.17, 15) is 18.0 Å². The van der Waals surface area contributed by atoms with Gasteiger partial charge in [-0.25, -0.2) is 13.1 Å². The first-order valence-electron chi connectivity index (χ1n) is 8.07. The Balaban J connectivity index is 1.86. The van der Waals surface area contributed by atoms with Gasteiger partial charge in [0, 0.05) is 19.2 Å². The Morgan fingerprint density at radius 1 is 1.00 bits per heavy atom. The number of hydrogen-bond acceptors (Lipinski definition) is 5. The SMILES string of the molecule is COc1ccc(CNC(=O)CNS(=O)(=O)c2ccc(NC(C)=O)cc2)cc1. The minimum absolute atomic E-state index is 0.000411. The van der Waals surface area contributed by atoms with E-state index < -0.39 is 15.9 Å². The molecule has 2 aromatic carbocycles. The molecule has 27 heavy (non-hydrogen) atoms. The molecule has 2 amide bonds. The maximum absolute atomic E-state index is 12.2. The van der Waals surface area contributed by atoms with Crippen molar-refractivity contribution in [2.75, 3.05) is 19.0 Å². The molecule has 2 aromatic rings. The molecule has 144 valence electrons. The van der Waals surface area contributed by atoms with Gasteiger partial charge in [-0.3, -0.25) is 9.59 Å². The lowest BCUT2D eigenvalue weighted by Gasteiger charge is -2.09. The summed E-state index contributed by atoms with van der Waals surface area (Å²) in [5.74, 6) is 0.00359. The largest absolute Gasteiger partial charge is 0.497 e. The van der Waals surface area contributed by atoms with Crippen molar-refractivity contribution in [1.29, 1.82) is 0 Å². The number of rotatable bonds is 8. The molecule has 0 aliphatic carbocycles. The highest BCUT2D eigenvalue weighted by atomic mass is 32.2. The monoisotopic (exact) mass is 391 g/mol. The van der Waals surface area contributed by atoms with Gasteiger partial charge >= 0.3 is 0 Å². The van der Waals surface area contributed by atoms with E-state index >= 15 is 0 Å². The molecule has 0 heterocycles. The van der Waals surface area contributed by atoms with E-state index in [1.165, 1.54) is 31.2 Å². The lowest BCUT2D eigenvalue weighted by atomic mass is 10.2. The molecule has 0 atom stereocenters. The van der Waals surface area contributed by atoms with E-state index in [2.05, 4.69) is 15.4 Å². The van der Waals surface area contributed by atoms with Crippen molar-refractivity contribution in [3.8, 4) is 5.75 Å². The van der Waals surface area contributed by atoms with Crippen LogP contribution >= 0.6 is 0 Å². The highest BCUT2D eigenvalue weighted by molar-refractivity contribution is 7.89. The molecule has 0 bridgehead atoms. The van der Waals surface area contributed by atoms with E-state index in [1.54, 1.807) is 31.4 Å². The summed E-state index contributed by atoms with van der Waals surface area (Å²) in [4.78, 5) is 22.9. The predicted octanol–water partition coefficient (Wildman–Crippen LogP) is 1.25. The van der Waals surface area contributed by atoms with Crippen LogP contribution in [-0.2, 0) is 26.2 Å². The smallest absolute Gasteiger partial charge is 0.241 e. The summed E-state index contributed by atoms with van der Waals surface area (Å²) < 4.78 is 31.7. The van der Waals surface area contributed by atoms with Crippen LogP contribution in [0.5, 0.6) is 5.75 Å². The number of ether oxygens (including phenoxy) is 1. The molecular formula is C18H21N3O5S. The van der Waals surface area contributed by atoms with Gasteiger partial charge in [-0.05, 0) is 42.0 Å². The van der Waals surface area contributed by atoms with E-state index in [1.807, 2.05) is 0 Å². The van der Waals surface area contributed by atoms with Crippen LogP contribution < -0.4 is 20.1 Å². The van der Waals surface area contributed by atoms with Crippen molar-refractivity contribution in [2.45, 2.75) is 18.4 Å². The first-order chi connectivity index (χ1) is 12.8. The van der Waals surface area contributed by atoms with Crippen LogP contribution in [-0.4, -0.2) is 33.9 Å². The van der Waals surface area contributed by atoms with Crippen LogP contribution in [0.4, 0.5) is 5.69 Å². The van der Waals surface area contributed by atoms with Gasteiger partial charge in [0.05, 0.1) is 18.6 Å². The van der Waals surface area contributed by atoms with Gasteiger partial charge in [0.1, 0.15) is 5.75 Å². The third-order valence-electron chi connectivity index (χ3n) is 3.56. The summed E-state index contributed by atoms with van der Waals surface area (Å²) in [6.07, 6.45) is 0. The maximum atomic E-state index is 12.2. The highest BCUT2D eigenvalue weighted by Gasteiger charge is 2.15. The van der Waals surface area contributed by atoms with Crippen LogP contribution in [0.25, 0.3) is 0 Å². The summed E-state index contributed by atoms with van der Waals surface area (Å²) in [7, 11) is -2.27. The van der Waals surface area contributed by atoms with Crippen molar-refractivity contribution in [3.05, 3.63) is 54.1 Å². The zero-order valence-electron chi connectivity index (χ0n) is 15.0. The molecule has 0 spiro atoms. The number of nitrogens with one attached hydrogen (secondary N) is 3. The summed E-state index contributed by atoms with van der Waals surface area (Å²) in [6.45, 7) is 1.25. The Kier molecular flexibility index (Phi) is 6.91. The van der Waals surface area contributed by atoms with E-state index in [-0.39, 0.29) is 23.9 Å². The number of anilines is 1. The first-order valence-corrected chi connectivity index (χ1v) is 9.55. The number of benzene rings is 2. The van der Waals surface area contributed by atoms with Crippen LogP contribution in [0.1, 0.15) is 12.5 Å². The molecule has 0 unspecified atom stereocenters.